The average molecular weight is 461 g/mol. The van der Waals surface area contributed by atoms with Crippen LogP contribution in [0.4, 0.5) is 0 Å². The lowest BCUT2D eigenvalue weighted by atomic mass is 9.73. The van der Waals surface area contributed by atoms with Gasteiger partial charge < -0.3 is 9.64 Å². The molecule has 1 aromatic carbocycles. The first kappa shape index (κ1) is 22.9. The fourth-order valence-electron chi connectivity index (χ4n) is 5.00. The summed E-state index contributed by atoms with van der Waals surface area (Å²) in [5, 5.41) is 4.28. The highest BCUT2D eigenvalue weighted by atomic mass is 32.2. The van der Waals surface area contributed by atoms with Crippen LogP contribution in [0.25, 0.3) is 0 Å². The van der Waals surface area contributed by atoms with Gasteiger partial charge >= 0.3 is 0 Å². The van der Waals surface area contributed by atoms with Gasteiger partial charge in [0.05, 0.1) is 16.8 Å². The maximum atomic E-state index is 13.9. The van der Waals surface area contributed by atoms with E-state index >= 15 is 0 Å². The third-order valence-electron chi connectivity index (χ3n) is 6.86. The number of aryl methyl sites for hydroxylation is 2. The van der Waals surface area contributed by atoms with E-state index in [1.807, 2.05) is 35.2 Å². The molecule has 8 nitrogen and oxygen atoms in total. The molecular weight excluding hydrogens is 428 g/mol. The number of carbonyl (C=O) groups is 1. The van der Waals surface area contributed by atoms with Crippen LogP contribution in [-0.2, 0) is 32.0 Å². The molecule has 0 N–H and O–H groups in total. The zero-order chi connectivity index (χ0) is 22.9. The van der Waals surface area contributed by atoms with Crippen molar-refractivity contribution in [2.75, 3.05) is 39.4 Å². The van der Waals surface area contributed by atoms with Gasteiger partial charge in [0.25, 0.3) is 0 Å². The number of amides is 1. The fraction of sp³-hybridized carbons (Fsp3) is 0.565. The summed E-state index contributed by atoms with van der Waals surface area (Å²) in [6.45, 7) is 6.20. The summed E-state index contributed by atoms with van der Waals surface area (Å²) in [6.07, 6.45) is 1.88. The minimum Gasteiger partial charge on any atom is -0.381 e. The number of sulfonamides is 1. The Labute approximate surface area is 190 Å². The standard InChI is InChI=1S/C23H32N4O4S/c1-18-21(19(2)25(3)24-18)32(29,30)27-13-7-12-26(14-15-27)22(28)23(10-16-31-17-11-23)20-8-5-4-6-9-20/h4-6,8-9H,7,10-17H2,1-3H3. The van der Waals surface area contributed by atoms with Gasteiger partial charge in [-0.2, -0.15) is 9.40 Å². The summed E-state index contributed by atoms with van der Waals surface area (Å²) >= 11 is 0. The second kappa shape index (κ2) is 8.96. The Hall–Kier alpha value is -2.23. The van der Waals surface area contributed by atoms with Crippen molar-refractivity contribution in [2.24, 2.45) is 7.05 Å². The maximum Gasteiger partial charge on any atom is 0.246 e. The van der Waals surface area contributed by atoms with Crippen molar-refractivity contribution in [3.05, 3.63) is 47.3 Å². The molecule has 174 valence electrons. The van der Waals surface area contributed by atoms with E-state index < -0.39 is 15.4 Å². The van der Waals surface area contributed by atoms with Gasteiger partial charge in [0, 0.05) is 46.4 Å². The van der Waals surface area contributed by atoms with E-state index in [0.717, 1.165) is 5.56 Å². The van der Waals surface area contributed by atoms with Crippen molar-refractivity contribution in [2.45, 2.75) is 43.4 Å². The smallest absolute Gasteiger partial charge is 0.246 e. The van der Waals surface area contributed by atoms with Gasteiger partial charge in [-0.05, 0) is 38.7 Å². The van der Waals surface area contributed by atoms with Gasteiger partial charge in [-0.15, -0.1) is 0 Å². The van der Waals surface area contributed by atoms with E-state index in [9.17, 15) is 13.2 Å². The van der Waals surface area contributed by atoms with E-state index in [0.29, 0.717) is 63.5 Å². The van der Waals surface area contributed by atoms with Gasteiger partial charge in [0.1, 0.15) is 4.90 Å². The normalized spacial score (nSPS) is 20.2. The zero-order valence-electron chi connectivity index (χ0n) is 19.1. The van der Waals surface area contributed by atoms with Crippen LogP contribution in [0.15, 0.2) is 35.2 Å². The van der Waals surface area contributed by atoms with Gasteiger partial charge in [0.2, 0.25) is 15.9 Å². The topological polar surface area (TPSA) is 84.7 Å². The third kappa shape index (κ3) is 3.97. The first-order valence-electron chi connectivity index (χ1n) is 11.2. The molecule has 2 fully saturated rings. The zero-order valence-corrected chi connectivity index (χ0v) is 19.9. The van der Waals surface area contributed by atoms with Crippen LogP contribution in [0, 0.1) is 13.8 Å². The number of benzene rings is 1. The molecule has 2 aromatic rings. The van der Waals surface area contributed by atoms with Crippen molar-refractivity contribution in [1.82, 2.24) is 19.0 Å². The molecule has 3 heterocycles. The largest absolute Gasteiger partial charge is 0.381 e. The van der Waals surface area contributed by atoms with Crippen molar-refractivity contribution >= 4 is 15.9 Å². The van der Waals surface area contributed by atoms with Crippen LogP contribution < -0.4 is 0 Å². The number of hydrogen-bond acceptors (Lipinski definition) is 5. The summed E-state index contributed by atoms with van der Waals surface area (Å²) in [5.41, 5.74) is 1.55. The Kier molecular flexibility index (Phi) is 6.42. The predicted molar refractivity (Wildman–Crippen MR) is 121 cm³/mol. The van der Waals surface area contributed by atoms with Gasteiger partial charge in [-0.25, -0.2) is 8.42 Å². The number of rotatable bonds is 4. The number of nitrogens with zero attached hydrogens (tertiary/aromatic N) is 4. The van der Waals surface area contributed by atoms with Crippen molar-refractivity contribution < 1.29 is 17.9 Å². The van der Waals surface area contributed by atoms with Gasteiger partial charge in [-0.1, -0.05) is 30.3 Å². The molecule has 0 saturated carbocycles. The summed E-state index contributed by atoms with van der Waals surface area (Å²) in [6, 6.07) is 9.93. The van der Waals surface area contributed by atoms with Gasteiger partial charge in [-0.3, -0.25) is 9.48 Å². The first-order valence-corrected chi connectivity index (χ1v) is 12.6. The number of hydrogen-bond donors (Lipinski definition) is 0. The number of aromatic nitrogens is 2. The summed E-state index contributed by atoms with van der Waals surface area (Å²) < 4.78 is 35.5. The molecule has 1 amide bonds. The third-order valence-corrected chi connectivity index (χ3v) is 9.02. The molecule has 0 spiro atoms. The SMILES string of the molecule is Cc1nn(C)c(C)c1S(=O)(=O)N1CCCN(C(=O)C2(c3ccccc3)CCOCC2)CC1. The second-order valence-corrected chi connectivity index (χ2v) is 10.6. The van der Waals surface area contributed by atoms with Crippen molar-refractivity contribution in [3.8, 4) is 0 Å². The van der Waals surface area contributed by atoms with Gasteiger partial charge in [0.15, 0.2) is 0 Å². The van der Waals surface area contributed by atoms with E-state index in [4.69, 9.17) is 4.74 Å². The van der Waals surface area contributed by atoms with E-state index in [-0.39, 0.29) is 17.3 Å². The molecular formula is C23H32N4O4S. The molecule has 32 heavy (non-hydrogen) atoms. The Morgan fingerprint density at radius 2 is 1.72 bits per heavy atom. The van der Waals surface area contributed by atoms with Crippen LogP contribution in [0.3, 0.4) is 0 Å². The minimum absolute atomic E-state index is 0.0833. The molecule has 9 heteroatoms. The Morgan fingerprint density at radius 3 is 2.34 bits per heavy atom. The predicted octanol–water partition coefficient (Wildman–Crippen LogP) is 2.01. The molecule has 0 bridgehead atoms. The van der Waals surface area contributed by atoms with E-state index in [1.165, 1.54) is 4.31 Å². The monoisotopic (exact) mass is 460 g/mol. The highest BCUT2D eigenvalue weighted by Crippen LogP contribution is 2.37. The Morgan fingerprint density at radius 1 is 1.03 bits per heavy atom. The number of ether oxygens (including phenoxy) is 1. The van der Waals surface area contributed by atoms with Crippen LogP contribution in [0.5, 0.6) is 0 Å². The Balaban J connectivity index is 1.57. The summed E-state index contributed by atoms with van der Waals surface area (Å²) in [5.74, 6) is 0.0833. The molecule has 0 atom stereocenters. The first-order chi connectivity index (χ1) is 15.3. The molecule has 0 aliphatic carbocycles. The molecule has 2 saturated heterocycles. The lowest BCUT2D eigenvalue weighted by Gasteiger charge is -2.40. The van der Waals surface area contributed by atoms with Crippen LogP contribution >= 0.6 is 0 Å². The second-order valence-electron chi connectivity index (χ2n) is 8.73. The molecule has 4 rings (SSSR count). The maximum absolute atomic E-state index is 13.9. The molecule has 2 aliphatic rings. The van der Waals surface area contributed by atoms with E-state index in [1.54, 1.807) is 25.6 Å². The van der Waals surface area contributed by atoms with E-state index in [2.05, 4.69) is 5.10 Å². The molecule has 0 radical (unpaired) electrons. The van der Waals surface area contributed by atoms with Crippen molar-refractivity contribution in [1.29, 1.82) is 0 Å². The lowest BCUT2D eigenvalue weighted by Crippen LogP contribution is -2.51. The Bertz CT molecular complexity index is 1070. The average Bonchev–Trinajstić information content (AvgIpc) is 2.96. The highest BCUT2D eigenvalue weighted by Gasteiger charge is 2.44. The lowest BCUT2D eigenvalue weighted by molar-refractivity contribution is -0.141. The van der Waals surface area contributed by atoms with Crippen LogP contribution in [-0.4, -0.2) is 72.7 Å². The van der Waals surface area contributed by atoms with Crippen LogP contribution in [0.1, 0.15) is 36.2 Å². The summed E-state index contributed by atoms with van der Waals surface area (Å²) in [4.78, 5) is 16.0. The minimum atomic E-state index is -3.68. The molecule has 0 unspecified atom stereocenters. The molecule has 2 aliphatic heterocycles. The summed E-state index contributed by atoms with van der Waals surface area (Å²) in [7, 11) is -1.92. The highest BCUT2D eigenvalue weighted by molar-refractivity contribution is 7.89. The number of carbonyl (C=O) groups excluding carboxylic acids is 1. The van der Waals surface area contributed by atoms with Crippen molar-refractivity contribution in [3.63, 3.8) is 0 Å². The quantitative estimate of drug-likeness (QED) is 0.697. The fourth-order valence-corrected chi connectivity index (χ4v) is 6.87. The molecule has 1 aromatic heterocycles. The van der Waals surface area contributed by atoms with Crippen LogP contribution in [0.2, 0.25) is 0 Å².